The summed E-state index contributed by atoms with van der Waals surface area (Å²) in [6, 6.07) is 9.14. The van der Waals surface area contributed by atoms with Crippen molar-refractivity contribution in [3.63, 3.8) is 0 Å². The van der Waals surface area contributed by atoms with Gasteiger partial charge in [-0.3, -0.25) is 9.78 Å². The molecule has 23 heavy (non-hydrogen) atoms. The van der Waals surface area contributed by atoms with E-state index >= 15 is 0 Å². The number of hydrogen-bond donors (Lipinski definition) is 1. The lowest BCUT2D eigenvalue weighted by atomic mass is 10.2. The Balaban J connectivity index is 1.86. The van der Waals surface area contributed by atoms with E-state index in [-0.39, 0.29) is 5.91 Å². The first-order valence-corrected chi connectivity index (χ1v) is 7.96. The highest BCUT2D eigenvalue weighted by atomic mass is 32.1. The quantitative estimate of drug-likeness (QED) is 0.778. The van der Waals surface area contributed by atoms with E-state index in [9.17, 15) is 4.79 Å². The second-order valence-corrected chi connectivity index (χ2v) is 5.66. The summed E-state index contributed by atoms with van der Waals surface area (Å²) in [5, 5.41) is 0. The predicted molar refractivity (Wildman–Crippen MR) is 88.9 cm³/mol. The highest BCUT2D eigenvalue weighted by Gasteiger charge is 2.23. The number of rotatable bonds is 5. The van der Waals surface area contributed by atoms with Gasteiger partial charge in [0, 0.05) is 12.7 Å². The van der Waals surface area contributed by atoms with Gasteiger partial charge in [-0.2, -0.15) is 4.37 Å². The van der Waals surface area contributed by atoms with Crippen molar-refractivity contribution in [3.8, 4) is 11.4 Å². The molecule has 0 saturated heterocycles. The number of nitrogens with two attached hydrogens (primary N) is 1. The highest BCUT2D eigenvalue weighted by Crippen LogP contribution is 2.30. The molecule has 0 unspecified atom stereocenters. The summed E-state index contributed by atoms with van der Waals surface area (Å²) in [6.45, 7) is 2.87. The van der Waals surface area contributed by atoms with Gasteiger partial charge in [0.15, 0.2) is 0 Å². The molecule has 0 aromatic carbocycles. The fraction of sp³-hybridized carbons (Fsp3) is 0.188. The number of hydrogen-bond acceptors (Lipinski definition) is 6. The van der Waals surface area contributed by atoms with Gasteiger partial charge in [-0.25, -0.2) is 0 Å². The Hall–Kier alpha value is -2.67. The molecule has 3 aromatic heterocycles. The smallest absolute Gasteiger partial charge is 0.268 e. The molecule has 0 radical (unpaired) electrons. The fourth-order valence-electron chi connectivity index (χ4n) is 2.20. The van der Waals surface area contributed by atoms with Gasteiger partial charge in [-0.1, -0.05) is 6.07 Å². The molecule has 7 heteroatoms. The number of nitrogen functional groups attached to an aromatic ring is 1. The number of carbonyl (C=O) groups excluding carboxylic acids is 1. The van der Waals surface area contributed by atoms with Gasteiger partial charge >= 0.3 is 0 Å². The number of amides is 1. The number of aromatic nitrogens is 2. The molecule has 3 aromatic rings. The van der Waals surface area contributed by atoms with Crippen molar-refractivity contribution in [2.75, 3.05) is 12.3 Å². The monoisotopic (exact) mass is 328 g/mol. The number of nitrogens with zero attached hydrogens (tertiary/aromatic N) is 3. The van der Waals surface area contributed by atoms with E-state index in [0.29, 0.717) is 35.0 Å². The Bertz CT molecular complexity index is 784. The predicted octanol–water partition coefficient (Wildman–Crippen LogP) is 3.04. The molecule has 6 nitrogen and oxygen atoms in total. The van der Waals surface area contributed by atoms with Crippen LogP contribution in [0.25, 0.3) is 11.4 Å². The van der Waals surface area contributed by atoms with Gasteiger partial charge in [0.1, 0.15) is 16.3 Å². The summed E-state index contributed by atoms with van der Waals surface area (Å²) < 4.78 is 9.61. The van der Waals surface area contributed by atoms with Gasteiger partial charge in [0.25, 0.3) is 5.91 Å². The topological polar surface area (TPSA) is 85.2 Å². The number of furan rings is 1. The number of pyridine rings is 1. The molecule has 1 amide bonds. The van der Waals surface area contributed by atoms with Gasteiger partial charge in [-0.05, 0) is 42.7 Å². The first-order valence-electron chi connectivity index (χ1n) is 7.19. The number of anilines is 1. The van der Waals surface area contributed by atoms with Crippen molar-refractivity contribution in [2.45, 2.75) is 13.5 Å². The molecule has 0 bridgehead atoms. The molecule has 0 fully saturated rings. The fourth-order valence-corrected chi connectivity index (χ4v) is 2.98. The molecule has 118 valence electrons. The van der Waals surface area contributed by atoms with Crippen LogP contribution in [0, 0.1) is 0 Å². The van der Waals surface area contributed by atoms with Crippen LogP contribution in [-0.2, 0) is 6.54 Å². The van der Waals surface area contributed by atoms with Gasteiger partial charge in [0.2, 0.25) is 0 Å². The molecule has 0 aliphatic carbocycles. The first kappa shape index (κ1) is 15.2. The van der Waals surface area contributed by atoms with Gasteiger partial charge < -0.3 is 15.1 Å². The van der Waals surface area contributed by atoms with Crippen LogP contribution in [0.4, 0.5) is 5.69 Å². The van der Waals surface area contributed by atoms with Crippen LogP contribution >= 0.6 is 11.5 Å². The summed E-state index contributed by atoms with van der Waals surface area (Å²) in [5.41, 5.74) is 7.72. The van der Waals surface area contributed by atoms with Crippen molar-refractivity contribution in [1.82, 2.24) is 14.3 Å². The first-order chi connectivity index (χ1) is 11.2. The minimum absolute atomic E-state index is 0.152. The van der Waals surface area contributed by atoms with E-state index in [1.807, 2.05) is 31.2 Å². The van der Waals surface area contributed by atoms with E-state index < -0.39 is 0 Å². The molecule has 2 N–H and O–H groups in total. The van der Waals surface area contributed by atoms with Crippen LogP contribution < -0.4 is 5.73 Å². The maximum Gasteiger partial charge on any atom is 0.268 e. The summed E-state index contributed by atoms with van der Waals surface area (Å²) in [4.78, 5) is 19.1. The maximum absolute atomic E-state index is 12.7. The Morgan fingerprint density at radius 3 is 2.87 bits per heavy atom. The van der Waals surface area contributed by atoms with E-state index in [1.54, 1.807) is 23.4 Å². The molecule has 0 atom stereocenters. The molecule has 0 saturated carbocycles. The van der Waals surface area contributed by atoms with Crippen molar-refractivity contribution >= 4 is 23.1 Å². The summed E-state index contributed by atoms with van der Waals surface area (Å²) in [5.74, 6) is 0.578. The SMILES string of the molecule is CCN(Cc1ccco1)C(=O)c1snc(-c2ccccn2)c1N. The maximum atomic E-state index is 12.7. The van der Waals surface area contributed by atoms with Gasteiger partial charge in [-0.15, -0.1) is 0 Å². The van der Waals surface area contributed by atoms with Crippen LogP contribution in [0.3, 0.4) is 0 Å². The summed E-state index contributed by atoms with van der Waals surface area (Å²) >= 11 is 1.10. The van der Waals surface area contributed by atoms with Crippen molar-refractivity contribution in [3.05, 3.63) is 53.4 Å². The lowest BCUT2D eigenvalue weighted by molar-refractivity contribution is 0.0747. The zero-order chi connectivity index (χ0) is 16.2. The normalized spacial score (nSPS) is 10.7. The van der Waals surface area contributed by atoms with Crippen LogP contribution in [0.5, 0.6) is 0 Å². The highest BCUT2D eigenvalue weighted by molar-refractivity contribution is 7.09. The Morgan fingerprint density at radius 1 is 1.35 bits per heavy atom. The van der Waals surface area contributed by atoms with Crippen LogP contribution in [-0.4, -0.2) is 26.7 Å². The van der Waals surface area contributed by atoms with Gasteiger partial charge in [0.05, 0.1) is 24.2 Å². The van der Waals surface area contributed by atoms with Crippen LogP contribution in [0.15, 0.2) is 47.2 Å². The zero-order valence-electron chi connectivity index (χ0n) is 12.6. The Morgan fingerprint density at radius 2 is 2.22 bits per heavy atom. The summed E-state index contributed by atoms with van der Waals surface area (Å²) in [7, 11) is 0. The number of carbonyl (C=O) groups is 1. The third-order valence-corrected chi connectivity index (χ3v) is 4.28. The van der Waals surface area contributed by atoms with Crippen molar-refractivity contribution < 1.29 is 9.21 Å². The standard InChI is InChI=1S/C16H16N4O2S/c1-2-20(10-11-6-5-9-22-11)16(21)15-13(17)14(19-23-15)12-7-3-4-8-18-12/h3-9H,2,10,17H2,1H3. The van der Waals surface area contributed by atoms with Crippen molar-refractivity contribution in [2.24, 2.45) is 0 Å². The average Bonchev–Trinajstić information content (AvgIpc) is 3.22. The van der Waals surface area contributed by atoms with E-state index in [2.05, 4.69) is 9.36 Å². The second-order valence-electron chi connectivity index (χ2n) is 4.89. The minimum Gasteiger partial charge on any atom is -0.467 e. The summed E-state index contributed by atoms with van der Waals surface area (Å²) in [6.07, 6.45) is 3.26. The average molecular weight is 328 g/mol. The lowest BCUT2D eigenvalue weighted by Crippen LogP contribution is -2.30. The Labute approximate surface area is 137 Å². The molecular weight excluding hydrogens is 312 g/mol. The third-order valence-electron chi connectivity index (χ3n) is 3.43. The van der Waals surface area contributed by atoms with Crippen LogP contribution in [0.1, 0.15) is 22.4 Å². The minimum atomic E-state index is -0.152. The van der Waals surface area contributed by atoms with Crippen molar-refractivity contribution in [1.29, 1.82) is 0 Å². The molecule has 0 spiro atoms. The lowest BCUT2D eigenvalue weighted by Gasteiger charge is -2.18. The zero-order valence-corrected chi connectivity index (χ0v) is 13.4. The van der Waals surface area contributed by atoms with E-state index in [1.165, 1.54) is 0 Å². The Kier molecular flexibility index (Phi) is 4.38. The molecule has 0 aliphatic heterocycles. The largest absolute Gasteiger partial charge is 0.467 e. The third kappa shape index (κ3) is 3.09. The molecular formula is C16H16N4O2S. The molecule has 3 rings (SSSR count). The molecule has 3 heterocycles. The van der Waals surface area contributed by atoms with E-state index in [0.717, 1.165) is 17.3 Å². The van der Waals surface area contributed by atoms with E-state index in [4.69, 9.17) is 10.2 Å². The second kappa shape index (κ2) is 6.62. The van der Waals surface area contributed by atoms with Crippen LogP contribution in [0.2, 0.25) is 0 Å². The molecule has 0 aliphatic rings.